The fourth-order valence-electron chi connectivity index (χ4n) is 8.17. The monoisotopic (exact) mass is 766 g/mol. The van der Waals surface area contributed by atoms with Crippen LogP contribution in [-0.2, 0) is 37.3 Å². The molecular formula is C44H54N4O6S. The number of nitrogens with one attached hydrogen (secondary N) is 2. The van der Waals surface area contributed by atoms with Crippen LogP contribution in [0, 0.1) is 12.8 Å². The molecule has 3 fully saturated rings. The molecule has 0 aliphatic carbocycles. The van der Waals surface area contributed by atoms with Gasteiger partial charge in [0.25, 0.3) is 0 Å². The third kappa shape index (κ3) is 9.90. The zero-order valence-corrected chi connectivity index (χ0v) is 32.7. The van der Waals surface area contributed by atoms with E-state index in [2.05, 4.69) is 26.8 Å². The second-order valence-electron chi connectivity index (χ2n) is 15.4. The average molecular weight is 767 g/mol. The number of benzene rings is 4. The molecule has 3 aliphatic rings. The molecule has 0 bridgehead atoms. The van der Waals surface area contributed by atoms with Crippen LogP contribution < -0.4 is 10.0 Å². The van der Waals surface area contributed by atoms with E-state index in [1.807, 2.05) is 79.7 Å². The minimum atomic E-state index is -4.00. The highest BCUT2D eigenvalue weighted by Crippen LogP contribution is 2.42. The number of likely N-dealkylation sites (tertiary alicyclic amines) is 2. The highest BCUT2D eigenvalue weighted by molar-refractivity contribution is 7.89. The lowest BCUT2D eigenvalue weighted by molar-refractivity contribution is -0.276. The van der Waals surface area contributed by atoms with Gasteiger partial charge in [-0.1, -0.05) is 91.3 Å². The van der Waals surface area contributed by atoms with Crippen LogP contribution >= 0.6 is 0 Å². The van der Waals surface area contributed by atoms with Gasteiger partial charge in [-0.05, 0) is 99.6 Å². The Morgan fingerprint density at radius 1 is 0.836 bits per heavy atom. The minimum absolute atomic E-state index is 0.0266. The smallest absolute Gasteiger partial charge is 0.242 e. The van der Waals surface area contributed by atoms with E-state index >= 15 is 0 Å². The molecule has 0 aromatic heterocycles. The van der Waals surface area contributed by atoms with E-state index in [0.717, 1.165) is 47.5 Å². The van der Waals surface area contributed by atoms with Crippen LogP contribution in [0.4, 0.5) is 5.69 Å². The third-order valence-electron chi connectivity index (χ3n) is 11.4. The van der Waals surface area contributed by atoms with Gasteiger partial charge in [-0.3, -0.25) is 9.69 Å². The van der Waals surface area contributed by atoms with Gasteiger partial charge in [0, 0.05) is 36.3 Å². The predicted molar refractivity (Wildman–Crippen MR) is 214 cm³/mol. The van der Waals surface area contributed by atoms with Crippen LogP contribution in [0.1, 0.15) is 72.8 Å². The number of sulfonamides is 1. The molecule has 6 atom stereocenters. The van der Waals surface area contributed by atoms with Crippen molar-refractivity contribution in [2.75, 3.05) is 38.0 Å². The standard InChI is InChI=1S/C44H54N4O6S/c1-31-15-21-39(22-16-31)55(51,52)46-40(26-33-10-4-3-5-11-33)43(50)45-37-13-8-12-36(27-37)44-53-41(29-48-25-9-14-38(48)28-47-23-6-7-24-47)32(2)42(54-44)35-19-17-34(30-49)18-20-35/h3-5,8,10-13,15-22,27,32,38,40-42,44,46,49H,6-7,9,14,23-26,28-30H2,1-2H3,(H,45,50)/t32-,38+,40-,41+,42+,44+/m1/s1. The Balaban J connectivity index is 1.11. The Labute approximate surface area is 325 Å². The van der Waals surface area contributed by atoms with Crippen LogP contribution in [0.25, 0.3) is 0 Å². The number of ether oxygens (including phenoxy) is 2. The molecule has 0 unspecified atom stereocenters. The maximum Gasteiger partial charge on any atom is 0.242 e. The summed E-state index contributed by atoms with van der Waals surface area (Å²) >= 11 is 0. The number of amides is 1. The van der Waals surface area contributed by atoms with Gasteiger partial charge >= 0.3 is 0 Å². The molecular weight excluding hydrogens is 713 g/mol. The second kappa shape index (κ2) is 17.9. The Morgan fingerprint density at radius 3 is 2.31 bits per heavy atom. The fraction of sp³-hybridized carbons (Fsp3) is 0.432. The molecule has 0 spiro atoms. The first kappa shape index (κ1) is 39.3. The van der Waals surface area contributed by atoms with Gasteiger partial charge in [-0.15, -0.1) is 0 Å². The van der Waals surface area contributed by atoms with Gasteiger partial charge in [-0.2, -0.15) is 4.72 Å². The first-order valence-corrected chi connectivity index (χ1v) is 21.1. The topological polar surface area (TPSA) is 120 Å². The van der Waals surface area contributed by atoms with Crippen molar-refractivity contribution in [3.63, 3.8) is 0 Å². The van der Waals surface area contributed by atoms with Crippen LogP contribution in [-0.4, -0.2) is 80.1 Å². The summed E-state index contributed by atoms with van der Waals surface area (Å²) in [6.07, 6.45) is 4.00. The molecule has 4 aromatic carbocycles. The zero-order valence-electron chi connectivity index (χ0n) is 31.8. The third-order valence-corrected chi connectivity index (χ3v) is 12.8. The molecule has 1 amide bonds. The molecule has 0 radical (unpaired) electrons. The molecule has 3 N–H and O–H groups in total. The predicted octanol–water partition coefficient (Wildman–Crippen LogP) is 6.37. The van der Waals surface area contributed by atoms with E-state index in [1.165, 1.54) is 38.8 Å². The summed E-state index contributed by atoms with van der Waals surface area (Å²) in [6.45, 7) is 9.36. The van der Waals surface area contributed by atoms with Crippen molar-refractivity contribution < 1.29 is 27.8 Å². The van der Waals surface area contributed by atoms with Gasteiger partial charge in [0.15, 0.2) is 6.29 Å². The SMILES string of the molecule is Cc1ccc(S(=O)(=O)N[C@H](Cc2ccccc2)C(=O)Nc2cccc([C@H]3O[C@@H](CN4CCC[C@H]4CN4CCCC4)[C@@H](C)[C@@H](c4ccc(CO)cc4)O3)c2)cc1. The maximum absolute atomic E-state index is 14.0. The molecule has 3 heterocycles. The Hall–Kier alpha value is -3.94. The van der Waals surface area contributed by atoms with Crippen molar-refractivity contribution in [2.24, 2.45) is 5.92 Å². The van der Waals surface area contributed by atoms with Crippen LogP contribution in [0.2, 0.25) is 0 Å². The highest BCUT2D eigenvalue weighted by Gasteiger charge is 2.41. The number of nitrogens with zero attached hydrogens (tertiary/aromatic N) is 2. The molecule has 55 heavy (non-hydrogen) atoms. The van der Waals surface area contributed by atoms with Gasteiger partial charge < -0.3 is 24.8 Å². The highest BCUT2D eigenvalue weighted by atomic mass is 32.2. The quantitative estimate of drug-likeness (QED) is 0.136. The first-order valence-electron chi connectivity index (χ1n) is 19.7. The lowest BCUT2D eigenvalue weighted by atomic mass is 9.90. The molecule has 292 valence electrons. The van der Waals surface area contributed by atoms with E-state index in [4.69, 9.17) is 9.47 Å². The van der Waals surface area contributed by atoms with E-state index in [0.29, 0.717) is 11.7 Å². The lowest BCUT2D eigenvalue weighted by Crippen LogP contribution is -2.48. The summed E-state index contributed by atoms with van der Waals surface area (Å²) in [5.41, 5.74) is 4.88. The van der Waals surface area contributed by atoms with E-state index < -0.39 is 28.3 Å². The number of hydrogen-bond acceptors (Lipinski definition) is 8. The molecule has 3 aliphatic heterocycles. The number of aliphatic hydroxyl groups is 1. The van der Waals surface area contributed by atoms with Crippen molar-refractivity contribution >= 4 is 21.6 Å². The summed E-state index contributed by atoms with van der Waals surface area (Å²) < 4.78 is 43.3. The average Bonchev–Trinajstić information content (AvgIpc) is 3.88. The van der Waals surface area contributed by atoms with Crippen LogP contribution in [0.15, 0.2) is 108 Å². The normalized spacial score (nSPS) is 24.2. The summed E-state index contributed by atoms with van der Waals surface area (Å²) in [5.74, 6) is -0.430. The van der Waals surface area contributed by atoms with Gasteiger partial charge in [0.2, 0.25) is 15.9 Å². The van der Waals surface area contributed by atoms with Crippen LogP contribution in [0.5, 0.6) is 0 Å². The lowest BCUT2D eigenvalue weighted by Gasteiger charge is -2.43. The Morgan fingerprint density at radius 2 is 1.58 bits per heavy atom. The van der Waals surface area contributed by atoms with Crippen molar-refractivity contribution in [1.29, 1.82) is 0 Å². The summed E-state index contributed by atoms with van der Waals surface area (Å²) in [4.78, 5) is 19.3. The number of carbonyl (C=O) groups excluding carboxylic acids is 1. The molecule has 0 saturated carbocycles. The maximum atomic E-state index is 14.0. The van der Waals surface area contributed by atoms with Gasteiger partial charge in [0.1, 0.15) is 6.04 Å². The Bertz CT molecular complexity index is 1970. The fourth-order valence-corrected chi connectivity index (χ4v) is 9.36. The Kier molecular flexibility index (Phi) is 12.8. The van der Waals surface area contributed by atoms with Crippen LogP contribution in [0.3, 0.4) is 0 Å². The summed E-state index contributed by atoms with van der Waals surface area (Å²) in [6, 6.07) is 30.7. The number of hydrogen-bond donors (Lipinski definition) is 3. The molecule has 11 heteroatoms. The van der Waals surface area contributed by atoms with Crippen molar-refractivity contribution in [2.45, 2.75) is 88.0 Å². The van der Waals surface area contributed by atoms with Crippen molar-refractivity contribution in [1.82, 2.24) is 14.5 Å². The number of rotatable bonds is 14. The van der Waals surface area contributed by atoms with E-state index in [1.54, 1.807) is 30.3 Å². The van der Waals surface area contributed by atoms with E-state index in [9.17, 15) is 18.3 Å². The number of anilines is 1. The summed E-state index contributed by atoms with van der Waals surface area (Å²) in [5, 5.41) is 12.7. The second-order valence-corrected chi connectivity index (χ2v) is 17.1. The minimum Gasteiger partial charge on any atom is -0.392 e. The molecule has 7 rings (SSSR count). The van der Waals surface area contributed by atoms with Gasteiger partial charge in [0.05, 0.1) is 23.7 Å². The number of aryl methyl sites for hydroxylation is 1. The largest absolute Gasteiger partial charge is 0.392 e. The number of carbonyl (C=O) groups is 1. The molecule has 10 nitrogen and oxygen atoms in total. The molecule has 3 saturated heterocycles. The van der Waals surface area contributed by atoms with Gasteiger partial charge in [-0.25, -0.2) is 8.42 Å². The van der Waals surface area contributed by atoms with E-state index in [-0.39, 0.29) is 36.0 Å². The first-order chi connectivity index (χ1) is 26.6. The molecule has 4 aromatic rings. The summed E-state index contributed by atoms with van der Waals surface area (Å²) in [7, 11) is -4.00. The van der Waals surface area contributed by atoms with Crippen molar-refractivity contribution in [3.05, 3.63) is 131 Å². The zero-order chi connectivity index (χ0) is 38.4. The number of aliphatic hydroxyl groups excluding tert-OH is 1. The van der Waals surface area contributed by atoms with Crippen molar-refractivity contribution in [3.8, 4) is 0 Å².